The molecule has 3 amide bonds. The number of rotatable bonds is 4. The molecular weight excluding hydrogens is 444 g/mol. The van der Waals surface area contributed by atoms with Crippen LogP contribution in [0.4, 0.5) is 11.4 Å². The smallest absolute Gasteiger partial charge is 0.258 e. The van der Waals surface area contributed by atoms with Crippen LogP contribution in [0.25, 0.3) is 22.6 Å². The van der Waals surface area contributed by atoms with E-state index in [4.69, 9.17) is 4.42 Å². The van der Waals surface area contributed by atoms with Gasteiger partial charge in [-0.15, -0.1) is 0 Å². The van der Waals surface area contributed by atoms with Gasteiger partial charge < -0.3 is 14.6 Å². The molecule has 35 heavy (non-hydrogen) atoms. The molecule has 1 aromatic heterocycles. The molecule has 2 aliphatic heterocycles. The molecule has 4 aromatic rings. The Morgan fingerprint density at radius 1 is 1.03 bits per heavy atom. The molecule has 1 atom stereocenters. The first kappa shape index (κ1) is 21.1. The van der Waals surface area contributed by atoms with E-state index >= 15 is 0 Å². The Morgan fingerprint density at radius 3 is 2.57 bits per heavy atom. The normalized spacial score (nSPS) is 19.1. The number of amides is 3. The number of fused-ring (bicyclic) bond motifs is 4. The van der Waals surface area contributed by atoms with Crippen LogP contribution < -0.4 is 10.2 Å². The predicted molar refractivity (Wildman–Crippen MR) is 131 cm³/mol. The van der Waals surface area contributed by atoms with E-state index in [1.165, 1.54) is 4.90 Å². The number of benzene rings is 3. The second-order valence-electron chi connectivity index (χ2n) is 8.97. The van der Waals surface area contributed by atoms with Crippen molar-refractivity contribution in [3.63, 3.8) is 0 Å². The van der Waals surface area contributed by atoms with Gasteiger partial charge in [-0.25, -0.2) is 4.98 Å². The third-order valence-corrected chi connectivity index (χ3v) is 6.76. The van der Waals surface area contributed by atoms with Crippen molar-refractivity contribution in [3.8, 4) is 11.5 Å². The lowest BCUT2D eigenvalue weighted by Crippen LogP contribution is -2.63. The molecule has 3 heterocycles. The summed E-state index contributed by atoms with van der Waals surface area (Å²) < 4.78 is 5.80. The van der Waals surface area contributed by atoms with Gasteiger partial charge in [-0.3, -0.25) is 19.3 Å². The van der Waals surface area contributed by atoms with Gasteiger partial charge in [-0.1, -0.05) is 24.3 Å². The van der Waals surface area contributed by atoms with Crippen LogP contribution in [0.3, 0.4) is 0 Å². The number of carbonyl (C=O) groups excluding carboxylic acids is 3. The van der Waals surface area contributed by atoms with Gasteiger partial charge in [0, 0.05) is 17.7 Å². The first-order valence-corrected chi connectivity index (χ1v) is 11.4. The average Bonchev–Trinajstić information content (AvgIpc) is 3.43. The van der Waals surface area contributed by atoms with Gasteiger partial charge in [0.25, 0.3) is 5.91 Å². The predicted octanol–water partition coefficient (Wildman–Crippen LogP) is 4.43. The van der Waals surface area contributed by atoms with Crippen molar-refractivity contribution in [1.29, 1.82) is 0 Å². The van der Waals surface area contributed by atoms with E-state index in [0.29, 0.717) is 41.3 Å². The first-order valence-electron chi connectivity index (χ1n) is 11.4. The van der Waals surface area contributed by atoms with Crippen LogP contribution in [0.15, 0.2) is 77.2 Å². The largest absolute Gasteiger partial charge is 0.436 e. The molecule has 0 saturated carbocycles. The maximum Gasteiger partial charge on any atom is 0.258 e. The number of aromatic nitrogens is 1. The monoisotopic (exact) mass is 466 g/mol. The summed E-state index contributed by atoms with van der Waals surface area (Å²) in [5, 5.41) is 2.86. The number of nitrogens with zero attached hydrogens (tertiary/aromatic N) is 3. The third-order valence-electron chi connectivity index (χ3n) is 6.76. The minimum Gasteiger partial charge on any atom is -0.436 e. The second-order valence-corrected chi connectivity index (χ2v) is 8.97. The lowest BCUT2D eigenvalue weighted by Gasteiger charge is -2.48. The molecule has 6 rings (SSSR count). The van der Waals surface area contributed by atoms with Crippen molar-refractivity contribution in [1.82, 2.24) is 9.88 Å². The van der Waals surface area contributed by atoms with E-state index in [9.17, 15) is 14.4 Å². The molecule has 3 aromatic carbocycles. The second kappa shape index (κ2) is 7.80. The number of para-hydroxylation sites is 3. The Labute approximate surface area is 201 Å². The zero-order chi connectivity index (χ0) is 24.2. The van der Waals surface area contributed by atoms with Crippen molar-refractivity contribution >= 4 is 40.2 Å². The quantitative estimate of drug-likeness (QED) is 0.480. The van der Waals surface area contributed by atoms with Gasteiger partial charge >= 0.3 is 0 Å². The van der Waals surface area contributed by atoms with Crippen LogP contribution in [0, 0.1) is 0 Å². The van der Waals surface area contributed by atoms with E-state index in [-0.39, 0.29) is 24.3 Å². The standard InChI is InChI=1S/C27H22N4O4/c1-27-15-14-24(33)31(27)21-8-4-2-6-19(21)26(34)30(27)16-23(32)28-18-12-10-17(11-13-18)25-29-20-7-3-5-9-22(20)35-25/h2-13H,14-16H2,1H3,(H,28,32). The van der Waals surface area contributed by atoms with Crippen LogP contribution in [-0.2, 0) is 9.59 Å². The molecule has 0 spiro atoms. The zero-order valence-electron chi connectivity index (χ0n) is 19.0. The highest BCUT2D eigenvalue weighted by atomic mass is 16.3. The Balaban J connectivity index is 1.21. The van der Waals surface area contributed by atoms with Crippen molar-refractivity contribution in [2.45, 2.75) is 25.4 Å². The number of hydrogen-bond acceptors (Lipinski definition) is 5. The summed E-state index contributed by atoms with van der Waals surface area (Å²) in [4.78, 5) is 46.6. The fraction of sp³-hybridized carbons (Fsp3) is 0.185. The van der Waals surface area contributed by atoms with Crippen molar-refractivity contribution in [2.75, 3.05) is 16.8 Å². The molecule has 1 N–H and O–H groups in total. The van der Waals surface area contributed by atoms with E-state index in [0.717, 1.165) is 11.1 Å². The van der Waals surface area contributed by atoms with Gasteiger partial charge in [0.05, 0.1) is 11.3 Å². The topological polar surface area (TPSA) is 95.8 Å². The molecule has 8 nitrogen and oxygen atoms in total. The third kappa shape index (κ3) is 3.37. The maximum absolute atomic E-state index is 13.3. The van der Waals surface area contributed by atoms with Gasteiger partial charge in [0.1, 0.15) is 17.7 Å². The molecule has 8 heteroatoms. The summed E-state index contributed by atoms with van der Waals surface area (Å²) in [6.45, 7) is 1.68. The molecule has 2 aliphatic rings. The number of carbonyl (C=O) groups is 3. The Morgan fingerprint density at radius 2 is 1.77 bits per heavy atom. The van der Waals surface area contributed by atoms with E-state index in [2.05, 4.69) is 10.3 Å². The molecule has 174 valence electrons. The van der Waals surface area contributed by atoms with Gasteiger partial charge in [0.15, 0.2) is 5.58 Å². The summed E-state index contributed by atoms with van der Waals surface area (Å²) in [6.07, 6.45) is 0.798. The van der Waals surface area contributed by atoms with Gasteiger partial charge in [-0.05, 0) is 61.9 Å². The number of nitrogens with one attached hydrogen (secondary N) is 1. The number of anilines is 2. The summed E-state index contributed by atoms with van der Waals surface area (Å²) in [5.41, 5.74) is 3.01. The molecular formula is C27H22N4O4. The molecule has 1 unspecified atom stereocenters. The Bertz CT molecular complexity index is 1460. The fourth-order valence-corrected chi connectivity index (χ4v) is 4.98. The summed E-state index contributed by atoms with van der Waals surface area (Å²) >= 11 is 0. The van der Waals surface area contributed by atoms with Crippen LogP contribution >= 0.6 is 0 Å². The van der Waals surface area contributed by atoms with Crippen molar-refractivity contribution < 1.29 is 18.8 Å². The van der Waals surface area contributed by atoms with Gasteiger partial charge in [-0.2, -0.15) is 0 Å². The number of hydrogen-bond donors (Lipinski definition) is 1. The lowest BCUT2D eigenvalue weighted by atomic mass is 9.98. The van der Waals surface area contributed by atoms with Crippen LogP contribution in [0.1, 0.15) is 30.1 Å². The number of oxazole rings is 1. The van der Waals surface area contributed by atoms with E-state index in [1.54, 1.807) is 35.2 Å². The highest BCUT2D eigenvalue weighted by Gasteiger charge is 2.53. The van der Waals surface area contributed by atoms with Crippen molar-refractivity contribution in [2.24, 2.45) is 0 Å². The minimum atomic E-state index is -0.878. The van der Waals surface area contributed by atoms with E-state index < -0.39 is 5.66 Å². The van der Waals surface area contributed by atoms with E-state index in [1.807, 2.05) is 49.4 Å². The van der Waals surface area contributed by atoms with Gasteiger partial charge in [0.2, 0.25) is 17.7 Å². The molecule has 1 fully saturated rings. The van der Waals surface area contributed by atoms with Crippen LogP contribution in [-0.4, -0.2) is 39.8 Å². The van der Waals surface area contributed by atoms with Crippen LogP contribution in [0.5, 0.6) is 0 Å². The Hall–Kier alpha value is -4.46. The molecule has 0 bridgehead atoms. The minimum absolute atomic E-state index is 0.0485. The maximum atomic E-state index is 13.3. The average molecular weight is 466 g/mol. The van der Waals surface area contributed by atoms with Crippen LogP contribution in [0.2, 0.25) is 0 Å². The fourth-order valence-electron chi connectivity index (χ4n) is 4.98. The van der Waals surface area contributed by atoms with Crippen molar-refractivity contribution in [3.05, 3.63) is 78.4 Å². The highest BCUT2D eigenvalue weighted by molar-refractivity contribution is 6.11. The summed E-state index contributed by atoms with van der Waals surface area (Å²) in [6, 6.07) is 21.8. The SMILES string of the molecule is CC12CCC(=O)N1c1ccccc1C(=O)N2CC(=O)Nc1ccc(-c2nc3ccccc3o2)cc1. The zero-order valence-corrected chi connectivity index (χ0v) is 19.0. The molecule has 0 radical (unpaired) electrons. The molecule has 0 aliphatic carbocycles. The molecule has 1 saturated heterocycles. The highest BCUT2D eigenvalue weighted by Crippen LogP contribution is 2.43. The summed E-state index contributed by atoms with van der Waals surface area (Å²) in [5.74, 6) is -0.142. The first-order chi connectivity index (χ1) is 16.9. The summed E-state index contributed by atoms with van der Waals surface area (Å²) in [7, 11) is 0. The lowest BCUT2D eigenvalue weighted by molar-refractivity contribution is -0.120. The Kier molecular flexibility index (Phi) is 4.70.